The summed E-state index contributed by atoms with van der Waals surface area (Å²) in [6, 6.07) is 17.7. The van der Waals surface area contributed by atoms with Gasteiger partial charge in [-0.2, -0.15) is 0 Å². The zero-order chi connectivity index (χ0) is 19.6. The minimum absolute atomic E-state index is 0.0479. The minimum Gasteiger partial charge on any atom is -0.144 e. The molecule has 1 aromatic heterocycles. The third kappa shape index (κ3) is 3.73. The molecule has 2 aromatic carbocycles. The molecule has 1 atom stereocenters. The summed E-state index contributed by atoms with van der Waals surface area (Å²) in [7, 11) is 0. The number of thiophene rings is 1. The van der Waals surface area contributed by atoms with E-state index in [4.69, 9.17) is 0 Å². The molecular formula is C27H30S. The quantitative estimate of drug-likeness (QED) is 0.374. The Labute approximate surface area is 173 Å². The molecule has 0 spiro atoms. The first-order chi connectivity index (χ1) is 13.6. The monoisotopic (exact) mass is 386 g/mol. The average Bonchev–Trinajstić information content (AvgIpc) is 3.39. The van der Waals surface area contributed by atoms with E-state index in [-0.39, 0.29) is 5.41 Å². The van der Waals surface area contributed by atoms with E-state index in [0.29, 0.717) is 0 Å². The number of hydrogen-bond donors (Lipinski definition) is 0. The average molecular weight is 387 g/mol. The van der Waals surface area contributed by atoms with Gasteiger partial charge in [-0.25, -0.2) is 0 Å². The zero-order valence-electron chi connectivity index (χ0n) is 17.1. The molecule has 144 valence electrons. The summed E-state index contributed by atoms with van der Waals surface area (Å²) < 4.78 is 0. The maximum Gasteiger partial charge on any atom is 0.0270 e. The Morgan fingerprint density at radius 3 is 2.64 bits per heavy atom. The molecule has 0 nitrogen and oxygen atoms in total. The van der Waals surface area contributed by atoms with Gasteiger partial charge >= 0.3 is 0 Å². The fourth-order valence-corrected chi connectivity index (χ4v) is 5.67. The zero-order valence-corrected chi connectivity index (χ0v) is 17.9. The van der Waals surface area contributed by atoms with Gasteiger partial charge in [0, 0.05) is 10.3 Å². The highest BCUT2D eigenvalue weighted by molar-refractivity contribution is 7.10. The Kier molecular flexibility index (Phi) is 5.55. The van der Waals surface area contributed by atoms with E-state index in [1.807, 2.05) is 0 Å². The summed E-state index contributed by atoms with van der Waals surface area (Å²) in [4.78, 5) is 1.29. The van der Waals surface area contributed by atoms with Crippen LogP contribution >= 0.6 is 11.3 Å². The minimum atomic E-state index is -0.0479. The SMILES string of the molecule is C=C(/C=C/c1cccs1)C(C)(CC1CCCC1)c1c(C)ccc2ccccc12. The van der Waals surface area contributed by atoms with Crippen LogP contribution in [0.25, 0.3) is 16.8 Å². The number of hydrogen-bond acceptors (Lipinski definition) is 1. The van der Waals surface area contributed by atoms with Crippen molar-refractivity contribution < 1.29 is 0 Å². The van der Waals surface area contributed by atoms with Crippen molar-refractivity contribution in [3.05, 3.63) is 88.1 Å². The van der Waals surface area contributed by atoms with Crippen LogP contribution in [0.15, 0.2) is 72.1 Å². The van der Waals surface area contributed by atoms with E-state index < -0.39 is 0 Å². The molecule has 0 radical (unpaired) electrons. The standard InChI is InChI=1S/C27H30S/c1-20-14-16-23-11-6-7-13-25(23)26(20)27(3,19-22-9-4-5-10-22)21(2)15-17-24-12-8-18-28-24/h6-8,11-18,22H,2,4-5,9-10,19H2,1,3H3/b17-15+. The number of rotatable bonds is 6. The third-order valence-corrected chi connectivity index (χ3v) is 7.40. The Balaban J connectivity index is 1.81. The predicted octanol–water partition coefficient (Wildman–Crippen LogP) is 8.32. The maximum absolute atomic E-state index is 4.61. The molecule has 0 bridgehead atoms. The molecule has 1 heteroatoms. The van der Waals surface area contributed by atoms with Gasteiger partial charge in [-0.05, 0) is 64.3 Å². The van der Waals surface area contributed by atoms with Crippen LogP contribution < -0.4 is 0 Å². The summed E-state index contributed by atoms with van der Waals surface area (Å²) in [5, 5.41) is 4.85. The first-order valence-electron chi connectivity index (χ1n) is 10.5. The number of benzene rings is 2. The van der Waals surface area contributed by atoms with Crippen molar-refractivity contribution >= 4 is 28.2 Å². The van der Waals surface area contributed by atoms with Crippen LogP contribution in [-0.4, -0.2) is 0 Å². The summed E-state index contributed by atoms with van der Waals surface area (Å²) in [5.74, 6) is 0.801. The number of aryl methyl sites for hydroxylation is 1. The lowest BCUT2D eigenvalue weighted by Gasteiger charge is -2.36. The highest BCUT2D eigenvalue weighted by Gasteiger charge is 2.35. The molecule has 1 unspecified atom stereocenters. The van der Waals surface area contributed by atoms with Crippen molar-refractivity contribution in [1.29, 1.82) is 0 Å². The van der Waals surface area contributed by atoms with Gasteiger partial charge in [0.1, 0.15) is 0 Å². The molecule has 3 aromatic rings. The Morgan fingerprint density at radius 1 is 1.11 bits per heavy atom. The second-order valence-corrected chi connectivity index (χ2v) is 9.52. The summed E-state index contributed by atoms with van der Waals surface area (Å²) in [5.41, 5.74) is 4.03. The second-order valence-electron chi connectivity index (χ2n) is 8.54. The van der Waals surface area contributed by atoms with Crippen LogP contribution in [0.1, 0.15) is 55.0 Å². The predicted molar refractivity (Wildman–Crippen MR) is 125 cm³/mol. The molecule has 4 rings (SSSR count). The van der Waals surface area contributed by atoms with E-state index >= 15 is 0 Å². The van der Waals surface area contributed by atoms with Crippen LogP contribution in [0.3, 0.4) is 0 Å². The van der Waals surface area contributed by atoms with Gasteiger partial charge in [-0.3, -0.25) is 0 Å². The number of allylic oxidation sites excluding steroid dienone is 2. The van der Waals surface area contributed by atoms with Gasteiger partial charge in [-0.1, -0.05) is 87.7 Å². The molecule has 0 N–H and O–H groups in total. The first kappa shape index (κ1) is 19.2. The highest BCUT2D eigenvalue weighted by atomic mass is 32.1. The van der Waals surface area contributed by atoms with Gasteiger partial charge in [0.05, 0.1) is 0 Å². The van der Waals surface area contributed by atoms with Crippen LogP contribution in [-0.2, 0) is 5.41 Å². The molecular weight excluding hydrogens is 356 g/mol. The number of fused-ring (bicyclic) bond motifs is 1. The van der Waals surface area contributed by atoms with Crippen LogP contribution in [0.4, 0.5) is 0 Å². The van der Waals surface area contributed by atoms with E-state index in [9.17, 15) is 0 Å². The largest absolute Gasteiger partial charge is 0.144 e. The molecule has 1 aliphatic carbocycles. The fraction of sp³-hybridized carbons (Fsp3) is 0.333. The molecule has 0 saturated heterocycles. The van der Waals surface area contributed by atoms with Crippen molar-refractivity contribution in [2.75, 3.05) is 0 Å². The van der Waals surface area contributed by atoms with Crippen molar-refractivity contribution in [3.8, 4) is 0 Å². The van der Waals surface area contributed by atoms with Crippen LogP contribution in [0, 0.1) is 12.8 Å². The van der Waals surface area contributed by atoms with Gasteiger partial charge in [0.2, 0.25) is 0 Å². The van der Waals surface area contributed by atoms with E-state index in [2.05, 4.69) is 86.5 Å². The first-order valence-corrected chi connectivity index (χ1v) is 11.4. The topological polar surface area (TPSA) is 0 Å². The molecule has 1 fully saturated rings. The van der Waals surface area contributed by atoms with Gasteiger partial charge < -0.3 is 0 Å². The summed E-state index contributed by atoms with van der Waals surface area (Å²) >= 11 is 1.78. The Morgan fingerprint density at radius 2 is 1.89 bits per heavy atom. The normalized spacial score (nSPS) is 17.4. The van der Waals surface area contributed by atoms with Crippen LogP contribution in [0.2, 0.25) is 0 Å². The lowest BCUT2D eigenvalue weighted by molar-refractivity contribution is 0.388. The Hall–Kier alpha value is -2.12. The van der Waals surface area contributed by atoms with Crippen molar-refractivity contribution in [1.82, 2.24) is 0 Å². The molecule has 0 aliphatic heterocycles. The van der Waals surface area contributed by atoms with Gasteiger partial charge in [0.15, 0.2) is 0 Å². The fourth-order valence-electron chi connectivity index (χ4n) is 5.05. The van der Waals surface area contributed by atoms with Crippen molar-refractivity contribution in [3.63, 3.8) is 0 Å². The van der Waals surface area contributed by atoms with Crippen LogP contribution in [0.5, 0.6) is 0 Å². The van der Waals surface area contributed by atoms with E-state index in [1.54, 1.807) is 11.3 Å². The smallest absolute Gasteiger partial charge is 0.0270 e. The van der Waals surface area contributed by atoms with Crippen molar-refractivity contribution in [2.45, 2.75) is 51.4 Å². The molecule has 0 amide bonds. The third-order valence-electron chi connectivity index (χ3n) is 6.56. The highest BCUT2D eigenvalue weighted by Crippen LogP contribution is 2.46. The lowest BCUT2D eigenvalue weighted by atomic mass is 9.67. The van der Waals surface area contributed by atoms with Gasteiger partial charge in [0.25, 0.3) is 0 Å². The van der Waals surface area contributed by atoms with Crippen molar-refractivity contribution in [2.24, 2.45) is 5.92 Å². The second kappa shape index (κ2) is 8.09. The lowest BCUT2D eigenvalue weighted by Crippen LogP contribution is -2.28. The van der Waals surface area contributed by atoms with Gasteiger partial charge in [-0.15, -0.1) is 11.3 Å². The van der Waals surface area contributed by atoms with E-state index in [0.717, 1.165) is 5.92 Å². The van der Waals surface area contributed by atoms with E-state index in [1.165, 1.54) is 64.5 Å². The maximum atomic E-state index is 4.61. The molecule has 1 aliphatic rings. The Bertz CT molecular complexity index is 986. The molecule has 1 heterocycles. The molecule has 28 heavy (non-hydrogen) atoms. The molecule has 1 saturated carbocycles. The summed E-state index contributed by atoms with van der Waals surface area (Å²) in [6.45, 7) is 9.31. The summed E-state index contributed by atoms with van der Waals surface area (Å²) in [6.07, 6.45) is 11.2.